The predicted octanol–water partition coefficient (Wildman–Crippen LogP) is 8.30. The SMILES string of the molecule is CC(C)c1ccccc1-c1nc(NS(=O)(=O)c2cccc(N)c2F)sc1-c1cccc([C@@H]2CC[C@H](OC(F)(F)F)C2)c1. The zero-order valence-corrected chi connectivity index (χ0v) is 24.4. The predicted molar refractivity (Wildman–Crippen MR) is 156 cm³/mol. The maximum atomic E-state index is 14.6. The van der Waals surface area contributed by atoms with Crippen LogP contribution in [0.4, 0.5) is 28.4 Å². The first-order valence-electron chi connectivity index (χ1n) is 13.3. The van der Waals surface area contributed by atoms with Gasteiger partial charge in [-0.3, -0.25) is 9.46 Å². The molecule has 0 unspecified atom stereocenters. The fourth-order valence-electron chi connectivity index (χ4n) is 5.34. The number of ether oxygens (including phenoxy) is 1. The van der Waals surface area contributed by atoms with Crippen molar-refractivity contribution in [1.29, 1.82) is 0 Å². The van der Waals surface area contributed by atoms with Crippen molar-refractivity contribution in [2.24, 2.45) is 0 Å². The highest BCUT2D eigenvalue weighted by Crippen LogP contribution is 2.44. The van der Waals surface area contributed by atoms with Crippen LogP contribution in [0.1, 0.15) is 56.1 Å². The highest BCUT2D eigenvalue weighted by molar-refractivity contribution is 7.93. The number of hydrogen-bond acceptors (Lipinski definition) is 6. The Hall–Kier alpha value is -3.48. The molecule has 0 radical (unpaired) electrons. The Bertz CT molecular complexity index is 1700. The molecule has 2 atom stereocenters. The molecule has 1 saturated carbocycles. The maximum absolute atomic E-state index is 14.6. The number of rotatable bonds is 8. The molecule has 0 aliphatic heterocycles. The molecule has 3 aromatic carbocycles. The Labute approximate surface area is 245 Å². The van der Waals surface area contributed by atoms with Gasteiger partial charge in [-0.25, -0.2) is 17.8 Å². The number of sulfonamides is 1. The Morgan fingerprint density at radius 3 is 2.52 bits per heavy atom. The lowest BCUT2D eigenvalue weighted by Crippen LogP contribution is -2.21. The molecule has 1 aliphatic carbocycles. The van der Waals surface area contributed by atoms with Crippen LogP contribution in [0, 0.1) is 5.82 Å². The third-order valence-corrected chi connectivity index (χ3v) is 9.78. The first-order chi connectivity index (χ1) is 19.8. The second kappa shape index (κ2) is 11.7. The standard InChI is InChI=1S/C30H29F4N3O3S2/c1-17(2)22-9-3-4-10-23(22)27-28(41-29(36-27)37-42(38,39)25-12-6-11-24(35)26(25)31)20-8-5-7-18(15-20)19-13-14-21(16-19)40-30(32,33)34/h3-12,15,17,19,21H,13-14,16,35H2,1-2H3,(H,36,37)/t19-,21+/m1/s1. The van der Waals surface area contributed by atoms with E-state index in [9.17, 15) is 26.0 Å². The average Bonchev–Trinajstić information content (AvgIpc) is 3.56. The zero-order chi connectivity index (χ0) is 30.2. The second-order valence-electron chi connectivity index (χ2n) is 10.5. The minimum Gasteiger partial charge on any atom is -0.396 e. The Morgan fingerprint density at radius 1 is 1.05 bits per heavy atom. The van der Waals surface area contributed by atoms with E-state index in [4.69, 9.17) is 5.73 Å². The van der Waals surface area contributed by atoms with Crippen molar-refractivity contribution < 1.29 is 30.7 Å². The van der Waals surface area contributed by atoms with E-state index in [0.717, 1.165) is 39.7 Å². The van der Waals surface area contributed by atoms with Gasteiger partial charge in [-0.2, -0.15) is 0 Å². The van der Waals surface area contributed by atoms with Crippen LogP contribution in [0.5, 0.6) is 0 Å². The molecule has 1 aliphatic rings. The molecule has 42 heavy (non-hydrogen) atoms. The van der Waals surface area contributed by atoms with Gasteiger partial charge in [0.2, 0.25) is 0 Å². The molecule has 5 rings (SSSR count). The Balaban J connectivity index is 1.56. The van der Waals surface area contributed by atoms with Crippen LogP contribution in [0.2, 0.25) is 0 Å². The maximum Gasteiger partial charge on any atom is 0.522 e. The van der Waals surface area contributed by atoms with Gasteiger partial charge in [0.05, 0.1) is 22.4 Å². The summed E-state index contributed by atoms with van der Waals surface area (Å²) in [6.07, 6.45) is -4.49. The van der Waals surface area contributed by atoms with Gasteiger partial charge in [0, 0.05) is 5.56 Å². The molecule has 3 N–H and O–H groups in total. The van der Waals surface area contributed by atoms with Gasteiger partial charge in [-0.05, 0) is 66.0 Å². The molecular formula is C30H29F4N3O3S2. The largest absolute Gasteiger partial charge is 0.522 e. The lowest BCUT2D eigenvalue weighted by atomic mass is 9.92. The average molecular weight is 620 g/mol. The molecule has 0 amide bonds. The molecule has 12 heteroatoms. The smallest absolute Gasteiger partial charge is 0.396 e. The van der Waals surface area contributed by atoms with Crippen molar-refractivity contribution in [1.82, 2.24) is 4.98 Å². The number of aromatic nitrogens is 1. The molecule has 4 aromatic rings. The fourth-order valence-corrected chi connectivity index (χ4v) is 7.66. The van der Waals surface area contributed by atoms with Crippen molar-refractivity contribution in [2.45, 2.75) is 62.3 Å². The van der Waals surface area contributed by atoms with E-state index in [2.05, 4.69) is 14.4 Å². The lowest BCUT2D eigenvalue weighted by molar-refractivity contribution is -0.341. The van der Waals surface area contributed by atoms with Crippen molar-refractivity contribution in [3.63, 3.8) is 0 Å². The third kappa shape index (κ3) is 6.45. The van der Waals surface area contributed by atoms with Crippen LogP contribution in [-0.4, -0.2) is 25.9 Å². The van der Waals surface area contributed by atoms with Crippen LogP contribution in [0.3, 0.4) is 0 Å². The van der Waals surface area contributed by atoms with Crippen LogP contribution >= 0.6 is 11.3 Å². The number of nitrogen functional groups attached to an aromatic ring is 1. The molecule has 0 spiro atoms. The van der Waals surface area contributed by atoms with Gasteiger partial charge in [-0.1, -0.05) is 73.7 Å². The van der Waals surface area contributed by atoms with E-state index >= 15 is 0 Å². The summed E-state index contributed by atoms with van der Waals surface area (Å²) in [5, 5.41) is 0.0327. The molecular weight excluding hydrogens is 590 g/mol. The van der Waals surface area contributed by atoms with E-state index in [0.29, 0.717) is 23.4 Å². The van der Waals surface area contributed by atoms with E-state index in [1.165, 1.54) is 12.1 Å². The van der Waals surface area contributed by atoms with Gasteiger partial charge in [0.1, 0.15) is 4.90 Å². The topological polar surface area (TPSA) is 94.3 Å². The van der Waals surface area contributed by atoms with Crippen LogP contribution in [0.15, 0.2) is 71.6 Å². The Morgan fingerprint density at radius 2 is 1.79 bits per heavy atom. The lowest BCUT2D eigenvalue weighted by Gasteiger charge is -2.15. The van der Waals surface area contributed by atoms with Gasteiger partial charge >= 0.3 is 6.36 Å². The van der Waals surface area contributed by atoms with Crippen molar-refractivity contribution in [3.05, 3.63) is 83.7 Å². The van der Waals surface area contributed by atoms with Crippen LogP contribution < -0.4 is 10.5 Å². The van der Waals surface area contributed by atoms with Crippen molar-refractivity contribution in [3.8, 4) is 21.7 Å². The highest BCUT2D eigenvalue weighted by atomic mass is 32.2. The summed E-state index contributed by atoms with van der Waals surface area (Å²) in [5.41, 5.74) is 9.25. The molecule has 1 fully saturated rings. The number of nitrogens with zero attached hydrogens (tertiary/aromatic N) is 1. The van der Waals surface area contributed by atoms with E-state index in [-0.39, 0.29) is 29.1 Å². The molecule has 0 bridgehead atoms. The molecule has 1 aromatic heterocycles. The highest BCUT2D eigenvalue weighted by Gasteiger charge is 2.37. The van der Waals surface area contributed by atoms with E-state index in [1.54, 1.807) is 0 Å². The number of thiazole rings is 1. The summed E-state index contributed by atoms with van der Waals surface area (Å²) in [7, 11) is -4.37. The monoisotopic (exact) mass is 619 g/mol. The molecule has 222 valence electrons. The fraction of sp³-hybridized carbons (Fsp3) is 0.300. The van der Waals surface area contributed by atoms with Gasteiger partial charge in [0.25, 0.3) is 10.0 Å². The minimum atomic E-state index is -4.68. The van der Waals surface area contributed by atoms with E-state index < -0.39 is 33.2 Å². The summed E-state index contributed by atoms with van der Waals surface area (Å²) < 4.78 is 86.0. The third-order valence-electron chi connectivity index (χ3n) is 7.27. The number of halogens is 4. The quantitative estimate of drug-likeness (QED) is 0.153. The van der Waals surface area contributed by atoms with Crippen molar-refractivity contribution >= 4 is 32.2 Å². The van der Waals surface area contributed by atoms with Gasteiger partial charge in [0.15, 0.2) is 10.9 Å². The molecule has 0 saturated heterocycles. The van der Waals surface area contributed by atoms with Crippen molar-refractivity contribution in [2.75, 3.05) is 10.5 Å². The number of nitrogens with two attached hydrogens (primary N) is 1. The minimum absolute atomic E-state index is 0.0327. The number of anilines is 2. The number of benzene rings is 3. The first-order valence-corrected chi connectivity index (χ1v) is 15.6. The summed E-state index contributed by atoms with van der Waals surface area (Å²) >= 11 is 1.09. The number of alkyl halides is 3. The van der Waals surface area contributed by atoms with Gasteiger partial charge in [-0.15, -0.1) is 13.2 Å². The number of nitrogens with one attached hydrogen (secondary N) is 1. The summed E-state index contributed by atoms with van der Waals surface area (Å²) in [6.45, 7) is 4.08. The van der Waals surface area contributed by atoms with E-state index in [1.807, 2.05) is 62.4 Å². The van der Waals surface area contributed by atoms with Crippen LogP contribution in [0.25, 0.3) is 21.7 Å². The normalized spacial score (nSPS) is 17.6. The molecule has 1 heterocycles. The summed E-state index contributed by atoms with van der Waals surface area (Å²) in [6, 6.07) is 18.9. The first kappa shape index (κ1) is 30.0. The second-order valence-corrected chi connectivity index (χ2v) is 13.2. The summed E-state index contributed by atoms with van der Waals surface area (Å²) in [5.74, 6) is -1.04. The Kier molecular flexibility index (Phi) is 8.32. The molecule has 6 nitrogen and oxygen atoms in total. The summed E-state index contributed by atoms with van der Waals surface area (Å²) in [4.78, 5) is 4.74. The van der Waals surface area contributed by atoms with Gasteiger partial charge < -0.3 is 5.73 Å². The van der Waals surface area contributed by atoms with Crippen LogP contribution in [-0.2, 0) is 14.8 Å². The zero-order valence-electron chi connectivity index (χ0n) is 22.8. The number of hydrogen-bond donors (Lipinski definition) is 2.